The standard InChI is InChI=1S/C14H26N2O7S.Na/c1-8(18)16-11-13(21)12(20)9(7-17)23-14(11)22-5-2-4-15-10(19)3-6-24;/h9,11-14,17,20-21,24H,2-7H2,1H3,(H,15,19)(H,16,18);/q;+1/p-1/t9-,11-,12-,13-,14-;/m1./s1. The van der Waals surface area contributed by atoms with E-state index in [0.29, 0.717) is 25.1 Å². The average Bonchev–Trinajstić information content (AvgIpc) is 2.53. The summed E-state index contributed by atoms with van der Waals surface area (Å²) in [5.74, 6) is -0.179. The molecule has 1 fully saturated rings. The molecule has 1 saturated heterocycles. The molecule has 0 spiro atoms. The van der Waals surface area contributed by atoms with E-state index in [9.17, 15) is 25.2 Å². The molecule has 9 nitrogen and oxygen atoms in total. The minimum Gasteiger partial charge on any atom is -0.862 e. The van der Waals surface area contributed by atoms with Crippen LogP contribution in [0.1, 0.15) is 19.8 Å². The van der Waals surface area contributed by atoms with Crippen LogP contribution in [0.2, 0.25) is 0 Å². The topological polar surface area (TPSA) is 144 Å². The van der Waals surface area contributed by atoms with Gasteiger partial charge in [-0.1, -0.05) is 0 Å². The zero-order chi connectivity index (χ0) is 18.1. The largest absolute Gasteiger partial charge is 1.00 e. The molecule has 0 radical (unpaired) electrons. The molecule has 25 heavy (non-hydrogen) atoms. The van der Waals surface area contributed by atoms with E-state index in [0.717, 1.165) is 0 Å². The van der Waals surface area contributed by atoms with Gasteiger partial charge in [0.25, 0.3) is 0 Å². The number of aliphatic hydroxyl groups is 3. The smallest absolute Gasteiger partial charge is 0.862 e. The van der Waals surface area contributed by atoms with E-state index in [4.69, 9.17) is 9.47 Å². The number of thiol groups is 1. The summed E-state index contributed by atoms with van der Waals surface area (Å²) in [4.78, 5) is 15.0. The van der Waals surface area contributed by atoms with Gasteiger partial charge < -0.3 is 35.2 Å². The van der Waals surface area contributed by atoms with Crippen LogP contribution in [0.5, 0.6) is 0 Å². The Kier molecular flexibility index (Phi) is 13.3. The number of nitrogens with zero attached hydrogens (tertiary/aromatic N) is 1. The van der Waals surface area contributed by atoms with Gasteiger partial charge in [-0.15, -0.1) is 0 Å². The van der Waals surface area contributed by atoms with E-state index in [1.165, 1.54) is 6.92 Å². The molecular formula is C14H25N2NaO7S. The van der Waals surface area contributed by atoms with Gasteiger partial charge in [0.05, 0.1) is 13.2 Å². The molecule has 0 saturated carbocycles. The summed E-state index contributed by atoms with van der Waals surface area (Å²) in [6, 6.07) is -1.08. The predicted molar refractivity (Wildman–Crippen MR) is 86.7 cm³/mol. The predicted octanol–water partition coefficient (Wildman–Crippen LogP) is -5.58. The summed E-state index contributed by atoms with van der Waals surface area (Å²) in [6.07, 6.45) is -4.05. The van der Waals surface area contributed by atoms with Crippen molar-refractivity contribution in [1.82, 2.24) is 5.32 Å². The summed E-state index contributed by atoms with van der Waals surface area (Å²) in [7, 11) is 0. The van der Waals surface area contributed by atoms with Crippen LogP contribution in [0, 0.1) is 0 Å². The van der Waals surface area contributed by atoms with Crippen LogP contribution in [0.3, 0.4) is 0 Å². The monoisotopic (exact) mass is 388 g/mol. The van der Waals surface area contributed by atoms with E-state index in [2.05, 4.69) is 22.9 Å². The summed E-state index contributed by atoms with van der Waals surface area (Å²) >= 11 is 3.96. The zero-order valence-electron chi connectivity index (χ0n) is 14.5. The molecule has 0 bridgehead atoms. The van der Waals surface area contributed by atoms with Crippen molar-refractivity contribution in [3.8, 4) is 0 Å². The number of aliphatic imine (C=N–C) groups is 1. The molecule has 4 N–H and O–H groups in total. The van der Waals surface area contributed by atoms with Crippen LogP contribution < -0.4 is 40.0 Å². The fourth-order valence-corrected chi connectivity index (χ4v) is 2.44. The number of carbonyl (C=O) groups excluding carboxylic acids is 1. The minimum absolute atomic E-state index is 0. The van der Waals surface area contributed by atoms with Gasteiger partial charge in [0, 0.05) is 13.0 Å². The first-order chi connectivity index (χ1) is 11.4. The maximum absolute atomic E-state index is 11.3. The molecule has 11 heteroatoms. The van der Waals surface area contributed by atoms with Crippen LogP contribution in [-0.2, 0) is 14.3 Å². The van der Waals surface area contributed by atoms with Crippen molar-refractivity contribution in [3.63, 3.8) is 0 Å². The number of amides is 1. The van der Waals surface area contributed by atoms with Crippen molar-refractivity contribution < 1.29 is 64.3 Å². The van der Waals surface area contributed by atoms with Crippen molar-refractivity contribution in [3.05, 3.63) is 0 Å². The van der Waals surface area contributed by atoms with Gasteiger partial charge in [-0.25, -0.2) is 0 Å². The number of nitrogens with one attached hydrogen (secondary N) is 1. The third kappa shape index (κ3) is 8.55. The van der Waals surface area contributed by atoms with E-state index in [-0.39, 0.29) is 42.1 Å². The third-order valence-corrected chi connectivity index (χ3v) is 3.67. The van der Waals surface area contributed by atoms with Crippen LogP contribution in [0.25, 0.3) is 0 Å². The second kappa shape index (κ2) is 13.3. The maximum atomic E-state index is 11.3. The fourth-order valence-electron chi connectivity index (χ4n) is 2.24. The molecule has 0 aromatic heterocycles. The van der Waals surface area contributed by atoms with Gasteiger partial charge in [0.1, 0.15) is 24.4 Å². The molecule has 0 unspecified atom stereocenters. The number of carbonyl (C=O) groups is 1. The van der Waals surface area contributed by atoms with Gasteiger partial charge in [-0.3, -0.25) is 9.79 Å². The molecule has 1 aliphatic rings. The molecule has 0 aromatic rings. The number of aliphatic hydroxyl groups excluding tert-OH is 3. The molecule has 1 amide bonds. The third-order valence-electron chi connectivity index (χ3n) is 3.44. The second-order valence-electron chi connectivity index (χ2n) is 5.39. The Balaban J connectivity index is 0.00000576. The van der Waals surface area contributed by atoms with Crippen molar-refractivity contribution >= 4 is 24.4 Å². The molecule has 1 rings (SSSR count). The van der Waals surface area contributed by atoms with Crippen LogP contribution >= 0.6 is 12.6 Å². The molecule has 0 aromatic carbocycles. The van der Waals surface area contributed by atoms with Gasteiger partial charge >= 0.3 is 29.6 Å². The van der Waals surface area contributed by atoms with Crippen LogP contribution in [0.4, 0.5) is 0 Å². The van der Waals surface area contributed by atoms with Crippen molar-refractivity contribution in [2.45, 2.75) is 50.4 Å². The Hall–Kier alpha value is 0.0900. The van der Waals surface area contributed by atoms with Crippen molar-refractivity contribution in [2.75, 3.05) is 25.5 Å². The minimum atomic E-state index is -1.39. The fraction of sp³-hybridized carbons (Fsp3) is 0.857. The number of rotatable bonds is 9. The Labute approximate surface area is 174 Å². The first kappa shape index (κ1) is 25.1. The molecular weight excluding hydrogens is 363 g/mol. The average molecular weight is 388 g/mol. The number of ether oxygens (including phenoxy) is 2. The van der Waals surface area contributed by atoms with E-state index < -0.39 is 43.1 Å². The quantitative estimate of drug-likeness (QED) is 0.0871. The van der Waals surface area contributed by atoms with E-state index in [1.807, 2.05) is 0 Å². The maximum Gasteiger partial charge on any atom is 1.00 e. The summed E-state index contributed by atoms with van der Waals surface area (Å²) in [5.41, 5.74) is 0. The normalized spacial score (nSPS) is 29.8. The summed E-state index contributed by atoms with van der Waals surface area (Å²) in [6.45, 7) is 1.27. The zero-order valence-corrected chi connectivity index (χ0v) is 17.4. The number of hydrogen-bond donors (Lipinski definition) is 5. The van der Waals surface area contributed by atoms with E-state index >= 15 is 0 Å². The molecule has 5 atom stereocenters. The second-order valence-corrected chi connectivity index (χ2v) is 5.84. The first-order valence-electron chi connectivity index (χ1n) is 7.73. The van der Waals surface area contributed by atoms with E-state index in [1.54, 1.807) is 0 Å². The SMILES string of the molecule is CC([O-])=N[C@H]1[C@H](OCCCNC(=O)CCS)O[C@H](CO)[C@@H](O)[C@@H]1O.[Na+]. The van der Waals surface area contributed by atoms with Gasteiger partial charge in [0.15, 0.2) is 6.29 Å². The van der Waals surface area contributed by atoms with Crippen LogP contribution in [-0.4, -0.2) is 83.3 Å². The Morgan fingerprint density at radius 2 is 2.08 bits per heavy atom. The van der Waals surface area contributed by atoms with Gasteiger partial charge in [0.2, 0.25) is 5.91 Å². The molecule has 140 valence electrons. The van der Waals surface area contributed by atoms with Crippen LogP contribution in [0.15, 0.2) is 4.99 Å². The Bertz CT molecular complexity index is 426. The van der Waals surface area contributed by atoms with Gasteiger partial charge in [-0.2, -0.15) is 12.6 Å². The van der Waals surface area contributed by atoms with Crippen molar-refractivity contribution in [1.29, 1.82) is 0 Å². The Morgan fingerprint density at radius 1 is 1.40 bits per heavy atom. The molecule has 1 heterocycles. The molecule has 0 aliphatic carbocycles. The van der Waals surface area contributed by atoms with Gasteiger partial charge in [-0.05, 0) is 25.0 Å². The first-order valence-corrected chi connectivity index (χ1v) is 8.37. The summed E-state index contributed by atoms with van der Waals surface area (Å²) in [5, 5.41) is 43.0. The Morgan fingerprint density at radius 3 is 2.64 bits per heavy atom. The number of hydrogen-bond acceptors (Lipinski definition) is 9. The van der Waals surface area contributed by atoms with Crippen molar-refractivity contribution in [2.24, 2.45) is 4.99 Å². The summed E-state index contributed by atoms with van der Waals surface area (Å²) < 4.78 is 10.8. The molecule has 1 aliphatic heterocycles.